The fourth-order valence-corrected chi connectivity index (χ4v) is 2.21. The Bertz CT molecular complexity index is 633. The van der Waals surface area contributed by atoms with E-state index in [2.05, 4.69) is 13.8 Å². The molecule has 0 saturated carbocycles. The first kappa shape index (κ1) is 14.6. The number of aryl methyl sites for hydroxylation is 1. The Morgan fingerprint density at radius 1 is 1.15 bits per heavy atom. The summed E-state index contributed by atoms with van der Waals surface area (Å²) in [4.78, 5) is 12.2. The number of rotatable bonds is 3. The van der Waals surface area contributed by atoms with Crippen LogP contribution in [0.3, 0.4) is 0 Å². The Kier molecular flexibility index (Phi) is 4.46. The predicted molar refractivity (Wildman–Crippen MR) is 81.7 cm³/mol. The highest BCUT2D eigenvalue weighted by Crippen LogP contribution is 2.28. The number of ether oxygens (including phenoxy) is 1. The fourth-order valence-electron chi connectivity index (χ4n) is 1.99. The molecule has 2 aromatic carbocycles. The molecule has 0 atom stereocenters. The fraction of sp³-hybridized carbons (Fsp3) is 0.235. The van der Waals surface area contributed by atoms with Crippen LogP contribution in [-0.2, 0) is 0 Å². The van der Waals surface area contributed by atoms with Crippen LogP contribution in [0.1, 0.15) is 41.3 Å². The van der Waals surface area contributed by atoms with Gasteiger partial charge in [-0.2, -0.15) is 0 Å². The third-order valence-corrected chi connectivity index (χ3v) is 3.41. The van der Waals surface area contributed by atoms with E-state index in [1.54, 1.807) is 24.3 Å². The summed E-state index contributed by atoms with van der Waals surface area (Å²) in [6, 6.07) is 12.7. The molecule has 2 rings (SSSR count). The van der Waals surface area contributed by atoms with Crippen LogP contribution in [0.15, 0.2) is 42.5 Å². The van der Waals surface area contributed by atoms with Crippen LogP contribution in [-0.4, -0.2) is 5.97 Å². The topological polar surface area (TPSA) is 26.3 Å². The summed E-state index contributed by atoms with van der Waals surface area (Å²) < 4.78 is 5.51. The first-order chi connectivity index (χ1) is 9.49. The second kappa shape index (κ2) is 6.10. The SMILES string of the molecule is Cc1ccc(OC(=O)c2ccccc2Cl)c(C(C)C)c1. The molecular weight excluding hydrogens is 272 g/mol. The molecule has 0 spiro atoms. The van der Waals surface area contributed by atoms with Crippen molar-refractivity contribution < 1.29 is 9.53 Å². The van der Waals surface area contributed by atoms with Gasteiger partial charge in [0.05, 0.1) is 10.6 Å². The van der Waals surface area contributed by atoms with Crippen molar-refractivity contribution in [2.24, 2.45) is 0 Å². The van der Waals surface area contributed by atoms with Gasteiger partial charge in [0.2, 0.25) is 0 Å². The molecular formula is C17H17ClO2. The zero-order valence-electron chi connectivity index (χ0n) is 11.8. The van der Waals surface area contributed by atoms with Crippen molar-refractivity contribution in [1.29, 1.82) is 0 Å². The summed E-state index contributed by atoms with van der Waals surface area (Å²) in [6.45, 7) is 6.16. The van der Waals surface area contributed by atoms with Gasteiger partial charge < -0.3 is 4.74 Å². The highest BCUT2D eigenvalue weighted by molar-refractivity contribution is 6.33. The quantitative estimate of drug-likeness (QED) is 0.587. The minimum Gasteiger partial charge on any atom is -0.423 e. The Balaban J connectivity index is 2.31. The van der Waals surface area contributed by atoms with Crippen LogP contribution in [0.2, 0.25) is 5.02 Å². The number of halogens is 1. The van der Waals surface area contributed by atoms with Gasteiger partial charge in [-0.25, -0.2) is 4.79 Å². The minimum atomic E-state index is -0.429. The predicted octanol–water partition coefficient (Wildman–Crippen LogP) is 4.99. The normalized spacial score (nSPS) is 10.7. The first-order valence-corrected chi connectivity index (χ1v) is 6.94. The number of carbonyl (C=O) groups is 1. The lowest BCUT2D eigenvalue weighted by Gasteiger charge is -2.14. The van der Waals surface area contributed by atoms with Crippen LogP contribution < -0.4 is 4.74 Å². The molecule has 104 valence electrons. The van der Waals surface area contributed by atoms with Crippen molar-refractivity contribution in [3.63, 3.8) is 0 Å². The summed E-state index contributed by atoms with van der Waals surface area (Å²) in [5.41, 5.74) is 2.54. The van der Waals surface area contributed by atoms with E-state index in [-0.39, 0.29) is 5.92 Å². The lowest BCUT2D eigenvalue weighted by molar-refractivity contribution is 0.0733. The first-order valence-electron chi connectivity index (χ1n) is 6.56. The smallest absolute Gasteiger partial charge is 0.345 e. The molecule has 0 aliphatic carbocycles. The summed E-state index contributed by atoms with van der Waals surface area (Å²) >= 11 is 6.01. The van der Waals surface area contributed by atoms with Gasteiger partial charge in [0.1, 0.15) is 5.75 Å². The van der Waals surface area contributed by atoms with E-state index in [9.17, 15) is 4.79 Å². The van der Waals surface area contributed by atoms with Crippen molar-refractivity contribution >= 4 is 17.6 Å². The molecule has 0 bridgehead atoms. The number of carbonyl (C=O) groups excluding carboxylic acids is 1. The lowest BCUT2D eigenvalue weighted by atomic mass is 10.00. The molecule has 3 heteroatoms. The lowest BCUT2D eigenvalue weighted by Crippen LogP contribution is -2.11. The van der Waals surface area contributed by atoms with E-state index >= 15 is 0 Å². The molecule has 2 nitrogen and oxygen atoms in total. The van der Waals surface area contributed by atoms with Crippen LogP contribution in [0.5, 0.6) is 5.75 Å². The minimum absolute atomic E-state index is 0.281. The zero-order chi connectivity index (χ0) is 14.7. The third-order valence-electron chi connectivity index (χ3n) is 3.08. The highest BCUT2D eigenvalue weighted by atomic mass is 35.5. The van der Waals surface area contributed by atoms with Crippen molar-refractivity contribution in [2.45, 2.75) is 26.7 Å². The van der Waals surface area contributed by atoms with Gasteiger partial charge in [0.15, 0.2) is 0 Å². The number of benzene rings is 2. The maximum absolute atomic E-state index is 12.2. The molecule has 0 saturated heterocycles. The molecule has 0 aliphatic rings. The van der Waals surface area contributed by atoms with E-state index in [0.717, 1.165) is 11.1 Å². The van der Waals surface area contributed by atoms with E-state index in [1.165, 1.54) is 0 Å². The van der Waals surface area contributed by atoms with Gasteiger partial charge in [-0.3, -0.25) is 0 Å². The van der Waals surface area contributed by atoms with Crippen molar-refractivity contribution in [1.82, 2.24) is 0 Å². The second-order valence-electron chi connectivity index (χ2n) is 5.07. The molecule has 0 aromatic heterocycles. The largest absolute Gasteiger partial charge is 0.423 e. The highest BCUT2D eigenvalue weighted by Gasteiger charge is 2.15. The summed E-state index contributed by atoms with van der Waals surface area (Å²) in [5, 5.41) is 0.399. The van der Waals surface area contributed by atoms with Gasteiger partial charge >= 0.3 is 5.97 Å². The Morgan fingerprint density at radius 3 is 2.50 bits per heavy atom. The third kappa shape index (κ3) is 3.20. The molecule has 0 fully saturated rings. The van der Waals surface area contributed by atoms with E-state index < -0.39 is 5.97 Å². The Labute approximate surface area is 124 Å². The molecule has 0 N–H and O–H groups in total. The van der Waals surface area contributed by atoms with E-state index in [0.29, 0.717) is 16.3 Å². The molecule has 0 aliphatic heterocycles. The van der Waals surface area contributed by atoms with Crippen LogP contribution in [0.25, 0.3) is 0 Å². The standard InChI is InChI=1S/C17H17ClO2/c1-11(2)14-10-12(3)8-9-16(14)20-17(19)13-6-4-5-7-15(13)18/h4-11H,1-3H3. The Morgan fingerprint density at radius 2 is 1.85 bits per heavy atom. The summed E-state index contributed by atoms with van der Waals surface area (Å²) in [7, 11) is 0. The molecule has 20 heavy (non-hydrogen) atoms. The van der Waals surface area contributed by atoms with Gasteiger partial charge in [-0.15, -0.1) is 0 Å². The van der Waals surface area contributed by atoms with Gasteiger partial charge in [-0.1, -0.05) is 55.3 Å². The maximum Gasteiger partial charge on any atom is 0.345 e. The molecule has 0 heterocycles. The van der Waals surface area contributed by atoms with Gasteiger partial charge in [0, 0.05) is 0 Å². The van der Waals surface area contributed by atoms with Crippen LogP contribution >= 0.6 is 11.6 Å². The molecule has 0 unspecified atom stereocenters. The van der Waals surface area contributed by atoms with Crippen LogP contribution in [0, 0.1) is 6.92 Å². The Hall–Kier alpha value is -1.80. The zero-order valence-corrected chi connectivity index (χ0v) is 12.6. The average molecular weight is 289 g/mol. The molecule has 2 aromatic rings. The molecule has 0 radical (unpaired) electrons. The van der Waals surface area contributed by atoms with E-state index in [4.69, 9.17) is 16.3 Å². The average Bonchev–Trinajstić information content (AvgIpc) is 2.41. The van der Waals surface area contributed by atoms with Gasteiger partial charge in [-0.05, 0) is 36.6 Å². The number of hydrogen-bond acceptors (Lipinski definition) is 2. The van der Waals surface area contributed by atoms with Crippen LogP contribution in [0.4, 0.5) is 0 Å². The summed E-state index contributed by atoms with van der Waals surface area (Å²) in [6.07, 6.45) is 0. The monoisotopic (exact) mass is 288 g/mol. The number of esters is 1. The van der Waals surface area contributed by atoms with Crippen molar-refractivity contribution in [3.8, 4) is 5.75 Å². The number of hydrogen-bond donors (Lipinski definition) is 0. The second-order valence-corrected chi connectivity index (χ2v) is 5.47. The van der Waals surface area contributed by atoms with Crippen molar-refractivity contribution in [3.05, 3.63) is 64.2 Å². The van der Waals surface area contributed by atoms with Gasteiger partial charge in [0.25, 0.3) is 0 Å². The molecule has 0 amide bonds. The van der Waals surface area contributed by atoms with E-state index in [1.807, 2.05) is 25.1 Å². The maximum atomic E-state index is 12.2. The summed E-state index contributed by atoms with van der Waals surface area (Å²) in [5.74, 6) is 0.445. The van der Waals surface area contributed by atoms with Crippen molar-refractivity contribution in [2.75, 3.05) is 0 Å².